The molecule has 0 bridgehead atoms. The second-order valence-electron chi connectivity index (χ2n) is 5.94. The molecule has 7 heteroatoms. The molecule has 1 aromatic rings. The lowest BCUT2D eigenvalue weighted by atomic mass is 9.99. The monoisotopic (exact) mass is 349 g/mol. The number of nitrogens with zero attached hydrogens (tertiary/aromatic N) is 1. The van der Waals surface area contributed by atoms with Crippen LogP contribution in [-0.4, -0.2) is 43.1 Å². The third kappa shape index (κ3) is 4.85. The molecule has 1 atom stereocenters. The first-order valence-electron chi connectivity index (χ1n) is 8.84. The molecule has 0 fully saturated rings. The minimum atomic E-state index is -0.650. The van der Waals surface area contributed by atoms with Crippen LogP contribution in [0.1, 0.15) is 45.4 Å². The minimum Gasteiger partial charge on any atom is -0.467 e. The number of furan rings is 1. The lowest BCUT2D eigenvalue weighted by molar-refractivity contribution is -0.139. The molecule has 0 aliphatic carbocycles. The highest BCUT2D eigenvalue weighted by Crippen LogP contribution is 2.28. The maximum Gasteiger partial charge on any atom is 0.338 e. The van der Waals surface area contributed by atoms with Crippen LogP contribution in [0, 0.1) is 0 Å². The number of esters is 1. The number of hydrogen-bond acceptors (Lipinski definition) is 5. The van der Waals surface area contributed by atoms with E-state index in [1.165, 1.54) is 6.26 Å². The summed E-state index contributed by atoms with van der Waals surface area (Å²) in [5, 5.41) is 5.54. The summed E-state index contributed by atoms with van der Waals surface area (Å²) in [6.45, 7) is 8.51. The van der Waals surface area contributed by atoms with E-state index in [2.05, 4.69) is 29.4 Å². The normalized spacial score (nSPS) is 17.4. The first-order chi connectivity index (χ1) is 12.1. The average Bonchev–Trinajstić information content (AvgIpc) is 3.09. The molecule has 7 nitrogen and oxygen atoms in total. The molecular formula is C18H27N3O4. The van der Waals surface area contributed by atoms with Gasteiger partial charge in [-0.2, -0.15) is 0 Å². The Bertz CT molecular complexity index is 604. The summed E-state index contributed by atoms with van der Waals surface area (Å²) in [5.74, 6) is 0.0623. The van der Waals surface area contributed by atoms with Crippen molar-refractivity contribution in [2.24, 2.45) is 0 Å². The zero-order valence-corrected chi connectivity index (χ0v) is 15.1. The quantitative estimate of drug-likeness (QED) is 0.670. The topological polar surface area (TPSA) is 83.8 Å². The van der Waals surface area contributed by atoms with Gasteiger partial charge < -0.3 is 19.8 Å². The SMILES string of the molecule is CCCN(CCC)CC1=C(C(=O)OCC)C(c2ccco2)NC(=O)N1. The third-order valence-electron chi connectivity index (χ3n) is 3.94. The number of nitrogens with one attached hydrogen (secondary N) is 2. The average molecular weight is 349 g/mol. The molecule has 1 aromatic heterocycles. The Morgan fingerprint density at radius 3 is 2.56 bits per heavy atom. The number of ether oxygens (including phenoxy) is 1. The van der Waals surface area contributed by atoms with Crippen LogP contribution < -0.4 is 10.6 Å². The molecule has 1 aliphatic rings. The van der Waals surface area contributed by atoms with Crippen LogP contribution >= 0.6 is 0 Å². The van der Waals surface area contributed by atoms with Crippen LogP contribution in [0.25, 0.3) is 0 Å². The number of hydrogen-bond donors (Lipinski definition) is 2. The van der Waals surface area contributed by atoms with E-state index in [4.69, 9.17) is 9.15 Å². The number of carbonyl (C=O) groups is 2. The van der Waals surface area contributed by atoms with Crippen molar-refractivity contribution >= 4 is 12.0 Å². The number of urea groups is 1. The summed E-state index contributed by atoms with van der Waals surface area (Å²) in [4.78, 5) is 26.9. The van der Waals surface area contributed by atoms with E-state index in [-0.39, 0.29) is 12.6 Å². The van der Waals surface area contributed by atoms with Gasteiger partial charge in [-0.15, -0.1) is 0 Å². The molecule has 1 aliphatic heterocycles. The molecule has 2 amide bonds. The largest absolute Gasteiger partial charge is 0.467 e. The second kappa shape index (κ2) is 9.27. The van der Waals surface area contributed by atoms with Crippen molar-refractivity contribution < 1.29 is 18.7 Å². The number of amides is 2. The molecule has 2 rings (SSSR count). The highest BCUT2D eigenvalue weighted by atomic mass is 16.5. The Morgan fingerprint density at radius 2 is 2.00 bits per heavy atom. The van der Waals surface area contributed by atoms with Gasteiger partial charge in [-0.25, -0.2) is 9.59 Å². The predicted octanol–water partition coefficient (Wildman–Crippen LogP) is 2.57. The summed E-state index contributed by atoms with van der Waals surface area (Å²) in [6.07, 6.45) is 3.51. The Labute approximate surface area is 148 Å². The molecule has 0 saturated heterocycles. The van der Waals surface area contributed by atoms with Crippen molar-refractivity contribution in [3.8, 4) is 0 Å². The first-order valence-corrected chi connectivity index (χ1v) is 8.84. The van der Waals surface area contributed by atoms with Gasteiger partial charge in [0.15, 0.2) is 0 Å². The lowest BCUT2D eigenvalue weighted by Crippen LogP contribution is -2.48. The molecule has 0 spiro atoms. The van der Waals surface area contributed by atoms with E-state index in [0.717, 1.165) is 25.9 Å². The molecule has 2 heterocycles. The van der Waals surface area contributed by atoms with Gasteiger partial charge in [0.25, 0.3) is 0 Å². The van der Waals surface area contributed by atoms with Crippen LogP contribution in [0.5, 0.6) is 0 Å². The van der Waals surface area contributed by atoms with Gasteiger partial charge in [0.05, 0.1) is 18.4 Å². The molecule has 0 aromatic carbocycles. The van der Waals surface area contributed by atoms with Crippen molar-refractivity contribution in [1.82, 2.24) is 15.5 Å². The van der Waals surface area contributed by atoms with Crippen LogP contribution in [0.4, 0.5) is 4.79 Å². The molecule has 2 N–H and O–H groups in total. The van der Waals surface area contributed by atoms with Crippen LogP contribution in [0.15, 0.2) is 34.1 Å². The second-order valence-corrected chi connectivity index (χ2v) is 5.94. The van der Waals surface area contributed by atoms with E-state index in [9.17, 15) is 9.59 Å². The smallest absolute Gasteiger partial charge is 0.338 e. The van der Waals surface area contributed by atoms with Gasteiger partial charge in [-0.3, -0.25) is 4.90 Å². The predicted molar refractivity (Wildman–Crippen MR) is 93.8 cm³/mol. The highest BCUT2D eigenvalue weighted by Gasteiger charge is 2.35. The summed E-state index contributed by atoms with van der Waals surface area (Å²) >= 11 is 0. The fraction of sp³-hybridized carbons (Fsp3) is 0.556. The van der Waals surface area contributed by atoms with Crippen LogP contribution in [0.2, 0.25) is 0 Å². The van der Waals surface area contributed by atoms with Crippen molar-refractivity contribution in [2.75, 3.05) is 26.2 Å². The van der Waals surface area contributed by atoms with Crippen molar-refractivity contribution in [3.05, 3.63) is 35.4 Å². The zero-order chi connectivity index (χ0) is 18.2. The van der Waals surface area contributed by atoms with Crippen LogP contribution in [-0.2, 0) is 9.53 Å². The van der Waals surface area contributed by atoms with Crippen LogP contribution in [0.3, 0.4) is 0 Å². The molecule has 25 heavy (non-hydrogen) atoms. The Morgan fingerprint density at radius 1 is 1.28 bits per heavy atom. The van der Waals surface area contributed by atoms with Gasteiger partial charge in [-0.05, 0) is 45.0 Å². The summed E-state index contributed by atoms with van der Waals surface area (Å²) in [7, 11) is 0. The van der Waals surface area contributed by atoms with E-state index in [0.29, 0.717) is 23.6 Å². The Hall–Kier alpha value is -2.28. The summed E-state index contributed by atoms with van der Waals surface area (Å²) in [5.41, 5.74) is 0.971. The van der Waals surface area contributed by atoms with Gasteiger partial charge in [0.1, 0.15) is 11.8 Å². The van der Waals surface area contributed by atoms with Gasteiger partial charge in [-0.1, -0.05) is 13.8 Å². The Balaban J connectivity index is 2.40. The number of carbonyl (C=O) groups excluding carboxylic acids is 2. The van der Waals surface area contributed by atoms with Gasteiger partial charge in [0, 0.05) is 12.2 Å². The first kappa shape index (κ1) is 19.1. The highest BCUT2D eigenvalue weighted by molar-refractivity contribution is 5.95. The van der Waals surface area contributed by atoms with Gasteiger partial charge in [0.2, 0.25) is 0 Å². The van der Waals surface area contributed by atoms with E-state index in [1.807, 2.05) is 0 Å². The zero-order valence-electron chi connectivity index (χ0n) is 15.1. The summed E-state index contributed by atoms with van der Waals surface area (Å²) in [6, 6.07) is 2.47. The van der Waals surface area contributed by atoms with E-state index >= 15 is 0 Å². The summed E-state index contributed by atoms with van der Waals surface area (Å²) < 4.78 is 10.7. The molecule has 0 radical (unpaired) electrons. The molecule has 138 valence electrons. The van der Waals surface area contributed by atoms with E-state index < -0.39 is 12.0 Å². The maximum absolute atomic E-state index is 12.6. The Kier molecular flexibility index (Phi) is 7.06. The van der Waals surface area contributed by atoms with Crippen molar-refractivity contribution in [1.29, 1.82) is 0 Å². The minimum absolute atomic E-state index is 0.266. The fourth-order valence-corrected chi connectivity index (χ4v) is 2.99. The standard InChI is InChI=1S/C18H27N3O4/c1-4-9-21(10-5-2)12-13-15(17(22)24-6-3)16(20-18(23)19-13)14-8-7-11-25-14/h7-8,11,16H,4-6,9-10,12H2,1-3H3,(H2,19,20,23). The molecule has 0 saturated carbocycles. The molecule has 1 unspecified atom stereocenters. The van der Waals surface area contributed by atoms with Crippen molar-refractivity contribution in [2.45, 2.75) is 39.7 Å². The van der Waals surface area contributed by atoms with Crippen molar-refractivity contribution in [3.63, 3.8) is 0 Å². The maximum atomic E-state index is 12.6. The van der Waals surface area contributed by atoms with Gasteiger partial charge >= 0.3 is 12.0 Å². The lowest BCUT2D eigenvalue weighted by Gasteiger charge is -2.31. The van der Waals surface area contributed by atoms with E-state index in [1.54, 1.807) is 19.1 Å². The number of rotatable bonds is 9. The molecular weight excluding hydrogens is 322 g/mol. The third-order valence-corrected chi connectivity index (χ3v) is 3.94. The fourth-order valence-electron chi connectivity index (χ4n) is 2.99.